The molecule has 1 aliphatic heterocycles. The fourth-order valence-corrected chi connectivity index (χ4v) is 2.30. The molecule has 1 saturated heterocycles. The van der Waals surface area contributed by atoms with Gasteiger partial charge in [0.15, 0.2) is 0 Å². The zero-order chi connectivity index (χ0) is 11.6. The average Bonchev–Trinajstić information content (AvgIpc) is 2.25. The van der Waals surface area contributed by atoms with Gasteiger partial charge in [0.2, 0.25) is 0 Å². The molecule has 84 valence electrons. The van der Waals surface area contributed by atoms with Gasteiger partial charge in [0.25, 0.3) is 0 Å². The van der Waals surface area contributed by atoms with E-state index in [0.717, 1.165) is 10.0 Å². The molecule has 0 bridgehead atoms. The van der Waals surface area contributed by atoms with Crippen molar-refractivity contribution < 1.29 is 4.74 Å². The van der Waals surface area contributed by atoms with Gasteiger partial charge in [-0.05, 0) is 24.7 Å². The Kier molecular flexibility index (Phi) is 3.29. The molecule has 0 radical (unpaired) electrons. The first-order chi connectivity index (χ1) is 7.72. The second kappa shape index (κ2) is 4.54. The first kappa shape index (κ1) is 11.6. The van der Waals surface area contributed by atoms with Crippen molar-refractivity contribution in [2.24, 2.45) is 5.41 Å². The molecule has 1 atom stereocenters. The monoisotopic (exact) mass is 280 g/mol. The van der Waals surface area contributed by atoms with Crippen molar-refractivity contribution >= 4 is 15.9 Å². The van der Waals surface area contributed by atoms with Gasteiger partial charge >= 0.3 is 0 Å². The number of halogens is 1. The second-order valence-corrected chi connectivity index (χ2v) is 4.95. The lowest BCUT2D eigenvalue weighted by Gasteiger charge is -2.41. The van der Waals surface area contributed by atoms with Crippen LogP contribution in [0.3, 0.4) is 0 Å². The van der Waals surface area contributed by atoms with Crippen molar-refractivity contribution in [3.05, 3.63) is 34.3 Å². The number of nitriles is 1. The molecule has 1 aromatic rings. The first-order valence-corrected chi connectivity index (χ1v) is 5.93. The molecule has 1 heterocycles. The zero-order valence-corrected chi connectivity index (χ0v) is 10.6. The van der Waals surface area contributed by atoms with E-state index in [1.54, 1.807) is 0 Å². The molecule has 1 N–H and O–H groups in total. The van der Waals surface area contributed by atoms with Gasteiger partial charge in [-0.25, -0.2) is 0 Å². The highest BCUT2D eigenvalue weighted by atomic mass is 79.9. The molecular formula is C12H13BrN2O. The van der Waals surface area contributed by atoms with E-state index in [-0.39, 0.29) is 6.04 Å². The smallest absolute Gasteiger partial charge is 0.123 e. The predicted molar refractivity (Wildman–Crippen MR) is 64.8 cm³/mol. The molecule has 1 unspecified atom stereocenters. The lowest BCUT2D eigenvalue weighted by atomic mass is 9.76. The Morgan fingerprint density at radius 3 is 2.44 bits per heavy atom. The van der Waals surface area contributed by atoms with Crippen LogP contribution >= 0.6 is 15.9 Å². The lowest BCUT2D eigenvalue weighted by molar-refractivity contribution is -0.0963. The number of hydrogen-bond acceptors (Lipinski definition) is 3. The van der Waals surface area contributed by atoms with E-state index >= 15 is 0 Å². The van der Waals surface area contributed by atoms with Crippen molar-refractivity contribution in [2.75, 3.05) is 20.3 Å². The average molecular weight is 281 g/mol. The molecule has 0 amide bonds. The molecule has 3 nitrogen and oxygen atoms in total. The number of ether oxygens (including phenoxy) is 1. The highest BCUT2D eigenvalue weighted by molar-refractivity contribution is 9.10. The summed E-state index contributed by atoms with van der Waals surface area (Å²) in [4.78, 5) is 0. The van der Waals surface area contributed by atoms with Crippen LogP contribution in [-0.2, 0) is 4.74 Å². The van der Waals surface area contributed by atoms with Crippen LogP contribution in [0.4, 0.5) is 0 Å². The Morgan fingerprint density at radius 2 is 2.06 bits per heavy atom. The molecule has 0 aromatic heterocycles. The standard InChI is InChI=1S/C12H13BrN2O/c1-15-11(12(6-14)7-16-8-12)9-2-4-10(13)5-3-9/h2-5,11,15H,7-8H2,1H3. The largest absolute Gasteiger partial charge is 0.378 e. The zero-order valence-electron chi connectivity index (χ0n) is 9.03. The summed E-state index contributed by atoms with van der Waals surface area (Å²) < 4.78 is 6.23. The summed E-state index contributed by atoms with van der Waals surface area (Å²) in [7, 11) is 1.88. The van der Waals surface area contributed by atoms with E-state index in [9.17, 15) is 5.26 Å². The molecular weight excluding hydrogens is 268 g/mol. The molecule has 1 aromatic carbocycles. The Hall–Kier alpha value is -0.890. The van der Waals surface area contributed by atoms with Crippen LogP contribution in [-0.4, -0.2) is 20.3 Å². The summed E-state index contributed by atoms with van der Waals surface area (Å²) >= 11 is 3.40. The van der Waals surface area contributed by atoms with Gasteiger partial charge in [-0.2, -0.15) is 5.26 Å². The fraction of sp³-hybridized carbons (Fsp3) is 0.417. The third-order valence-electron chi connectivity index (χ3n) is 2.99. The van der Waals surface area contributed by atoms with Gasteiger partial charge in [0.1, 0.15) is 5.41 Å². The molecule has 0 spiro atoms. The van der Waals surface area contributed by atoms with Crippen LogP contribution in [0.15, 0.2) is 28.7 Å². The SMILES string of the molecule is CNC(c1ccc(Br)cc1)C1(C#N)COC1. The van der Waals surface area contributed by atoms with Gasteiger partial charge in [-0.1, -0.05) is 28.1 Å². The number of nitrogens with zero attached hydrogens (tertiary/aromatic N) is 1. The van der Waals surface area contributed by atoms with Crippen LogP contribution in [0.25, 0.3) is 0 Å². The third kappa shape index (κ3) is 1.86. The Labute approximate surface area is 104 Å². The fourth-order valence-electron chi connectivity index (χ4n) is 2.03. The quantitative estimate of drug-likeness (QED) is 0.924. The normalized spacial score (nSPS) is 19.6. The van der Waals surface area contributed by atoms with Gasteiger partial charge in [0.05, 0.1) is 25.3 Å². The van der Waals surface area contributed by atoms with Gasteiger partial charge < -0.3 is 10.1 Å². The maximum absolute atomic E-state index is 9.27. The minimum absolute atomic E-state index is 0.0272. The van der Waals surface area contributed by atoms with Crippen LogP contribution in [0.1, 0.15) is 11.6 Å². The van der Waals surface area contributed by atoms with E-state index in [0.29, 0.717) is 13.2 Å². The highest BCUT2D eigenvalue weighted by Gasteiger charge is 2.46. The van der Waals surface area contributed by atoms with Crippen LogP contribution < -0.4 is 5.32 Å². The van der Waals surface area contributed by atoms with E-state index in [2.05, 4.69) is 27.3 Å². The summed E-state index contributed by atoms with van der Waals surface area (Å²) in [6.45, 7) is 1.01. The van der Waals surface area contributed by atoms with Gasteiger partial charge in [-0.3, -0.25) is 0 Å². The summed E-state index contributed by atoms with van der Waals surface area (Å²) in [6, 6.07) is 10.4. The van der Waals surface area contributed by atoms with Gasteiger partial charge in [0, 0.05) is 4.47 Å². The minimum atomic E-state index is -0.414. The third-order valence-corrected chi connectivity index (χ3v) is 3.52. The first-order valence-electron chi connectivity index (χ1n) is 5.13. The lowest BCUT2D eigenvalue weighted by Crippen LogP contribution is -2.50. The molecule has 1 fully saturated rings. The van der Waals surface area contributed by atoms with Gasteiger partial charge in [-0.15, -0.1) is 0 Å². The Bertz CT molecular complexity index is 406. The molecule has 1 aliphatic rings. The Balaban J connectivity index is 2.29. The van der Waals surface area contributed by atoms with E-state index in [1.165, 1.54) is 0 Å². The molecule has 16 heavy (non-hydrogen) atoms. The second-order valence-electron chi connectivity index (χ2n) is 4.03. The predicted octanol–water partition coefficient (Wildman–Crippen LogP) is 2.25. The van der Waals surface area contributed by atoms with Crippen molar-refractivity contribution in [2.45, 2.75) is 6.04 Å². The van der Waals surface area contributed by atoms with Crippen LogP contribution in [0.5, 0.6) is 0 Å². The molecule has 2 rings (SSSR count). The minimum Gasteiger partial charge on any atom is -0.378 e. The summed E-state index contributed by atoms with van der Waals surface area (Å²) in [5, 5.41) is 12.5. The summed E-state index contributed by atoms with van der Waals surface area (Å²) in [5.41, 5.74) is 0.707. The van der Waals surface area contributed by atoms with Crippen molar-refractivity contribution in [3.63, 3.8) is 0 Å². The maximum atomic E-state index is 9.27. The van der Waals surface area contributed by atoms with Crippen molar-refractivity contribution in [1.82, 2.24) is 5.32 Å². The summed E-state index contributed by atoms with van der Waals surface area (Å²) in [6.07, 6.45) is 0. The van der Waals surface area contributed by atoms with Crippen molar-refractivity contribution in [1.29, 1.82) is 5.26 Å². The molecule has 0 aliphatic carbocycles. The number of hydrogen-bond donors (Lipinski definition) is 1. The topological polar surface area (TPSA) is 45.0 Å². The van der Waals surface area contributed by atoms with E-state index in [4.69, 9.17) is 4.74 Å². The van der Waals surface area contributed by atoms with Crippen molar-refractivity contribution in [3.8, 4) is 6.07 Å². The van der Waals surface area contributed by atoms with Crippen LogP contribution in [0, 0.1) is 16.7 Å². The molecule has 0 saturated carbocycles. The Morgan fingerprint density at radius 1 is 1.44 bits per heavy atom. The molecule has 4 heteroatoms. The van der Waals surface area contributed by atoms with E-state index < -0.39 is 5.41 Å². The number of benzene rings is 1. The summed E-state index contributed by atoms with van der Waals surface area (Å²) in [5.74, 6) is 0. The maximum Gasteiger partial charge on any atom is 0.123 e. The highest BCUT2D eigenvalue weighted by Crippen LogP contribution is 2.39. The number of nitrogens with one attached hydrogen (secondary N) is 1. The van der Waals surface area contributed by atoms with Crippen LogP contribution in [0.2, 0.25) is 0 Å². The number of rotatable bonds is 3. The van der Waals surface area contributed by atoms with E-state index in [1.807, 2.05) is 31.3 Å².